The molecular formula is C14H18O2. The largest absolute Gasteiger partial charge is 0.466 e. The molecule has 0 saturated heterocycles. The van der Waals surface area contributed by atoms with Crippen molar-refractivity contribution < 1.29 is 9.53 Å². The van der Waals surface area contributed by atoms with Crippen LogP contribution in [0.5, 0.6) is 0 Å². The molecule has 2 nitrogen and oxygen atoms in total. The Morgan fingerprint density at radius 2 is 2.25 bits per heavy atom. The Hall–Kier alpha value is -1.31. The monoisotopic (exact) mass is 218 g/mol. The maximum absolute atomic E-state index is 11.5. The Kier molecular flexibility index (Phi) is 3.60. The van der Waals surface area contributed by atoms with E-state index in [9.17, 15) is 4.79 Å². The van der Waals surface area contributed by atoms with E-state index >= 15 is 0 Å². The molecule has 0 radical (unpaired) electrons. The molecule has 1 atom stereocenters. The molecule has 1 aliphatic rings. The summed E-state index contributed by atoms with van der Waals surface area (Å²) in [7, 11) is 0. The molecule has 0 bridgehead atoms. The van der Waals surface area contributed by atoms with Gasteiger partial charge in [0.1, 0.15) is 0 Å². The first-order valence-electron chi connectivity index (χ1n) is 6.04. The second-order valence-electron chi connectivity index (χ2n) is 4.30. The quantitative estimate of drug-likeness (QED) is 0.729. The highest BCUT2D eigenvalue weighted by Crippen LogP contribution is 2.33. The standard InChI is InChI=1S/C14H18O2/c1-2-16-14(15)10-12-8-5-7-11-6-3-4-9-13(11)12/h3-4,6,9,12H,2,5,7-8,10H2,1H3/t12-/m1/s1. The maximum atomic E-state index is 11.5. The van der Waals surface area contributed by atoms with Crippen LogP contribution in [0.3, 0.4) is 0 Å². The summed E-state index contributed by atoms with van der Waals surface area (Å²) in [6, 6.07) is 8.46. The van der Waals surface area contributed by atoms with Crippen LogP contribution in [0, 0.1) is 0 Å². The van der Waals surface area contributed by atoms with Crippen molar-refractivity contribution in [3.05, 3.63) is 35.4 Å². The van der Waals surface area contributed by atoms with E-state index in [4.69, 9.17) is 4.74 Å². The summed E-state index contributed by atoms with van der Waals surface area (Å²) in [4.78, 5) is 11.5. The van der Waals surface area contributed by atoms with Crippen LogP contribution < -0.4 is 0 Å². The van der Waals surface area contributed by atoms with E-state index < -0.39 is 0 Å². The number of aryl methyl sites for hydroxylation is 1. The highest BCUT2D eigenvalue weighted by atomic mass is 16.5. The topological polar surface area (TPSA) is 26.3 Å². The second kappa shape index (κ2) is 5.15. The number of hydrogen-bond donors (Lipinski definition) is 0. The third-order valence-electron chi connectivity index (χ3n) is 3.21. The summed E-state index contributed by atoms with van der Waals surface area (Å²) in [5.41, 5.74) is 2.75. The van der Waals surface area contributed by atoms with Gasteiger partial charge in [0.15, 0.2) is 0 Å². The van der Waals surface area contributed by atoms with Crippen LogP contribution in [0.4, 0.5) is 0 Å². The summed E-state index contributed by atoms with van der Waals surface area (Å²) in [5.74, 6) is 0.299. The van der Waals surface area contributed by atoms with Gasteiger partial charge in [-0.3, -0.25) is 4.79 Å². The van der Waals surface area contributed by atoms with Crippen molar-refractivity contribution in [2.24, 2.45) is 0 Å². The van der Waals surface area contributed by atoms with Gasteiger partial charge in [-0.1, -0.05) is 24.3 Å². The van der Waals surface area contributed by atoms with Gasteiger partial charge in [-0.25, -0.2) is 0 Å². The molecule has 0 saturated carbocycles. The molecule has 16 heavy (non-hydrogen) atoms. The first kappa shape index (κ1) is 11.2. The normalized spacial score (nSPS) is 18.9. The fourth-order valence-corrected chi connectivity index (χ4v) is 2.49. The van der Waals surface area contributed by atoms with Gasteiger partial charge in [-0.05, 0) is 43.2 Å². The average molecular weight is 218 g/mol. The zero-order chi connectivity index (χ0) is 11.4. The van der Waals surface area contributed by atoms with E-state index in [-0.39, 0.29) is 5.97 Å². The lowest BCUT2D eigenvalue weighted by Gasteiger charge is -2.24. The Labute approximate surface area is 96.6 Å². The van der Waals surface area contributed by atoms with Crippen LogP contribution in [-0.4, -0.2) is 12.6 Å². The minimum Gasteiger partial charge on any atom is -0.466 e. The van der Waals surface area contributed by atoms with Crippen molar-refractivity contribution >= 4 is 5.97 Å². The van der Waals surface area contributed by atoms with Crippen molar-refractivity contribution in [2.45, 2.75) is 38.5 Å². The fraction of sp³-hybridized carbons (Fsp3) is 0.500. The van der Waals surface area contributed by atoms with Crippen LogP contribution >= 0.6 is 0 Å². The molecule has 0 amide bonds. The Morgan fingerprint density at radius 1 is 1.44 bits per heavy atom. The number of hydrogen-bond acceptors (Lipinski definition) is 2. The molecule has 0 aliphatic heterocycles. The SMILES string of the molecule is CCOC(=O)C[C@H]1CCCc2ccccc21. The molecular weight excluding hydrogens is 200 g/mol. The number of benzene rings is 1. The van der Waals surface area contributed by atoms with Crippen molar-refractivity contribution in [3.8, 4) is 0 Å². The second-order valence-corrected chi connectivity index (χ2v) is 4.30. The molecule has 0 aromatic heterocycles. The molecule has 0 N–H and O–H groups in total. The lowest BCUT2D eigenvalue weighted by molar-refractivity contribution is -0.143. The van der Waals surface area contributed by atoms with E-state index in [1.54, 1.807) is 0 Å². The van der Waals surface area contributed by atoms with Gasteiger partial charge in [-0.15, -0.1) is 0 Å². The van der Waals surface area contributed by atoms with Crippen LogP contribution in [-0.2, 0) is 16.0 Å². The summed E-state index contributed by atoms with van der Waals surface area (Å²) in [6.07, 6.45) is 3.97. The van der Waals surface area contributed by atoms with Gasteiger partial charge in [-0.2, -0.15) is 0 Å². The molecule has 1 aromatic carbocycles. The highest BCUT2D eigenvalue weighted by Gasteiger charge is 2.22. The maximum Gasteiger partial charge on any atom is 0.306 e. The minimum atomic E-state index is -0.0656. The van der Waals surface area contributed by atoms with E-state index in [0.29, 0.717) is 18.9 Å². The van der Waals surface area contributed by atoms with Crippen molar-refractivity contribution in [3.63, 3.8) is 0 Å². The van der Waals surface area contributed by atoms with Crippen LogP contribution in [0.1, 0.15) is 43.2 Å². The summed E-state index contributed by atoms with van der Waals surface area (Å²) < 4.78 is 5.02. The fourth-order valence-electron chi connectivity index (χ4n) is 2.49. The van der Waals surface area contributed by atoms with E-state index in [1.807, 2.05) is 6.92 Å². The van der Waals surface area contributed by atoms with Crippen LogP contribution in [0.15, 0.2) is 24.3 Å². The predicted octanol–water partition coefficient (Wildman–Crippen LogP) is 3.06. The Balaban J connectivity index is 2.10. The number of rotatable bonds is 3. The average Bonchev–Trinajstić information content (AvgIpc) is 2.30. The minimum absolute atomic E-state index is 0.0656. The molecule has 0 unspecified atom stereocenters. The molecule has 0 spiro atoms. The molecule has 2 heteroatoms. The van der Waals surface area contributed by atoms with Crippen molar-refractivity contribution in [2.75, 3.05) is 6.61 Å². The van der Waals surface area contributed by atoms with Gasteiger partial charge in [0.25, 0.3) is 0 Å². The third-order valence-corrected chi connectivity index (χ3v) is 3.21. The van der Waals surface area contributed by atoms with Crippen molar-refractivity contribution in [1.29, 1.82) is 0 Å². The smallest absolute Gasteiger partial charge is 0.306 e. The van der Waals surface area contributed by atoms with E-state index in [1.165, 1.54) is 17.5 Å². The molecule has 0 heterocycles. The lowest BCUT2D eigenvalue weighted by atomic mass is 9.81. The highest BCUT2D eigenvalue weighted by molar-refractivity contribution is 5.70. The first-order chi connectivity index (χ1) is 7.81. The third kappa shape index (κ3) is 2.43. The molecule has 0 fully saturated rings. The van der Waals surface area contributed by atoms with E-state index in [0.717, 1.165) is 12.8 Å². The Bertz CT molecular complexity index is 371. The predicted molar refractivity (Wildman–Crippen MR) is 63.4 cm³/mol. The lowest BCUT2D eigenvalue weighted by Crippen LogP contribution is -2.15. The zero-order valence-corrected chi connectivity index (χ0v) is 9.74. The number of fused-ring (bicyclic) bond motifs is 1. The van der Waals surface area contributed by atoms with Gasteiger partial charge in [0.2, 0.25) is 0 Å². The molecule has 1 aliphatic carbocycles. The van der Waals surface area contributed by atoms with E-state index in [2.05, 4.69) is 24.3 Å². The summed E-state index contributed by atoms with van der Waals surface area (Å²) in [6.45, 7) is 2.33. The zero-order valence-electron chi connectivity index (χ0n) is 9.74. The van der Waals surface area contributed by atoms with Gasteiger partial charge >= 0.3 is 5.97 Å². The molecule has 86 valence electrons. The number of carbonyl (C=O) groups excluding carboxylic acids is 1. The summed E-state index contributed by atoms with van der Waals surface area (Å²) >= 11 is 0. The number of ether oxygens (including phenoxy) is 1. The van der Waals surface area contributed by atoms with Gasteiger partial charge < -0.3 is 4.74 Å². The van der Waals surface area contributed by atoms with Crippen LogP contribution in [0.2, 0.25) is 0 Å². The molecule has 2 rings (SSSR count). The number of carbonyl (C=O) groups is 1. The summed E-state index contributed by atoms with van der Waals surface area (Å²) in [5, 5.41) is 0. The Morgan fingerprint density at radius 3 is 3.06 bits per heavy atom. The number of esters is 1. The first-order valence-corrected chi connectivity index (χ1v) is 6.04. The molecule has 1 aromatic rings. The van der Waals surface area contributed by atoms with Gasteiger partial charge in [0.05, 0.1) is 13.0 Å². The van der Waals surface area contributed by atoms with Crippen molar-refractivity contribution in [1.82, 2.24) is 0 Å². The van der Waals surface area contributed by atoms with Gasteiger partial charge in [0, 0.05) is 0 Å². The van der Waals surface area contributed by atoms with Crippen LogP contribution in [0.25, 0.3) is 0 Å².